The van der Waals surface area contributed by atoms with Crippen molar-refractivity contribution in [1.82, 2.24) is 15.3 Å². The second-order valence-electron chi connectivity index (χ2n) is 5.34. The van der Waals surface area contributed by atoms with Gasteiger partial charge in [-0.25, -0.2) is 9.97 Å². The summed E-state index contributed by atoms with van der Waals surface area (Å²) in [4.78, 5) is 8.54. The predicted octanol–water partition coefficient (Wildman–Crippen LogP) is 3.33. The predicted molar refractivity (Wildman–Crippen MR) is 83.6 cm³/mol. The van der Waals surface area contributed by atoms with Crippen LogP contribution >= 0.6 is 11.8 Å². The van der Waals surface area contributed by atoms with Gasteiger partial charge in [0.05, 0.1) is 6.07 Å². The Labute approximate surface area is 126 Å². The summed E-state index contributed by atoms with van der Waals surface area (Å²) in [5, 5.41) is 13.6. The van der Waals surface area contributed by atoms with E-state index in [-0.39, 0.29) is 0 Å². The molecule has 0 bridgehead atoms. The van der Waals surface area contributed by atoms with Gasteiger partial charge < -0.3 is 0 Å². The van der Waals surface area contributed by atoms with Crippen molar-refractivity contribution in [2.45, 2.75) is 63.7 Å². The summed E-state index contributed by atoms with van der Waals surface area (Å²) in [6.45, 7) is 8.21. The quantitative estimate of drug-likeness (QED) is 0.452. The monoisotopic (exact) mass is 292 g/mol. The molecule has 1 aromatic rings. The van der Waals surface area contributed by atoms with E-state index in [0.717, 1.165) is 35.7 Å². The Morgan fingerprint density at radius 2 is 2.05 bits per heavy atom. The highest BCUT2D eigenvalue weighted by Gasteiger charge is 2.27. The van der Waals surface area contributed by atoms with Gasteiger partial charge in [0.25, 0.3) is 0 Å². The highest BCUT2D eigenvalue weighted by molar-refractivity contribution is 7.99. The van der Waals surface area contributed by atoms with Gasteiger partial charge >= 0.3 is 0 Å². The summed E-state index contributed by atoms with van der Waals surface area (Å²) in [5.41, 5.74) is 0.674. The second kappa shape index (κ2) is 8.23. The van der Waals surface area contributed by atoms with Crippen LogP contribution in [0.2, 0.25) is 0 Å². The Morgan fingerprint density at radius 3 is 2.55 bits per heavy atom. The first-order valence-corrected chi connectivity index (χ1v) is 8.10. The number of rotatable bonds is 8. The van der Waals surface area contributed by atoms with Gasteiger partial charge in [-0.2, -0.15) is 5.26 Å². The first-order chi connectivity index (χ1) is 9.51. The van der Waals surface area contributed by atoms with Gasteiger partial charge in [0, 0.05) is 24.2 Å². The number of aryl methyl sites for hydroxylation is 1. The van der Waals surface area contributed by atoms with Gasteiger partial charge in [-0.3, -0.25) is 5.32 Å². The minimum absolute atomic E-state index is 0.322. The second-order valence-corrected chi connectivity index (χ2v) is 6.40. The molecule has 0 saturated carbocycles. The normalized spacial score (nSPS) is 14.0. The minimum Gasteiger partial charge on any atom is -0.297 e. The third-order valence-corrected chi connectivity index (χ3v) is 4.08. The van der Waals surface area contributed by atoms with Crippen molar-refractivity contribution < 1.29 is 0 Å². The van der Waals surface area contributed by atoms with E-state index >= 15 is 0 Å². The lowest BCUT2D eigenvalue weighted by Gasteiger charge is -2.29. The lowest BCUT2D eigenvalue weighted by Crippen LogP contribution is -2.47. The Morgan fingerprint density at radius 1 is 1.40 bits per heavy atom. The molecule has 0 aliphatic rings. The van der Waals surface area contributed by atoms with E-state index in [2.05, 4.69) is 42.1 Å². The molecule has 1 rings (SSSR count). The molecule has 110 valence electrons. The number of nitrogens with zero attached hydrogens (tertiary/aromatic N) is 3. The Hall–Kier alpha value is -1.12. The van der Waals surface area contributed by atoms with Crippen LogP contribution in [0.15, 0.2) is 17.6 Å². The van der Waals surface area contributed by atoms with Crippen molar-refractivity contribution >= 4 is 11.8 Å². The molecule has 0 fully saturated rings. The van der Waals surface area contributed by atoms with Gasteiger partial charge in [-0.05, 0) is 45.6 Å². The van der Waals surface area contributed by atoms with E-state index in [4.69, 9.17) is 0 Å². The molecule has 0 spiro atoms. The number of nitriles is 1. The zero-order chi connectivity index (χ0) is 15.0. The van der Waals surface area contributed by atoms with Crippen LogP contribution in [0.5, 0.6) is 0 Å². The molecule has 0 radical (unpaired) electrons. The molecular weight excluding hydrogens is 268 g/mol. The molecule has 1 unspecified atom stereocenters. The van der Waals surface area contributed by atoms with Crippen molar-refractivity contribution in [2.24, 2.45) is 0 Å². The molecule has 1 atom stereocenters. The molecular formula is C15H24N4S. The fraction of sp³-hybridized carbons (Fsp3) is 0.667. The topological polar surface area (TPSA) is 61.6 Å². The van der Waals surface area contributed by atoms with Crippen LogP contribution in [0.1, 0.15) is 45.6 Å². The Balaban J connectivity index is 2.41. The van der Waals surface area contributed by atoms with Crippen LogP contribution in [0.3, 0.4) is 0 Å². The number of nitrogens with one attached hydrogen (secondary N) is 1. The van der Waals surface area contributed by atoms with Crippen molar-refractivity contribution in [2.75, 3.05) is 5.75 Å². The van der Waals surface area contributed by atoms with Gasteiger partial charge in [-0.1, -0.05) is 18.7 Å². The smallest absolute Gasteiger partial charge is 0.187 e. The van der Waals surface area contributed by atoms with Crippen molar-refractivity contribution in [1.29, 1.82) is 5.26 Å². The first kappa shape index (κ1) is 16.9. The van der Waals surface area contributed by atoms with Crippen LogP contribution in [0, 0.1) is 18.3 Å². The molecule has 5 heteroatoms. The van der Waals surface area contributed by atoms with Crippen LogP contribution in [-0.4, -0.2) is 27.3 Å². The maximum Gasteiger partial charge on any atom is 0.187 e. The van der Waals surface area contributed by atoms with E-state index in [1.165, 1.54) is 0 Å². The molecule has 1 N–H and O–H groups in total. The molecule has 0 aliphatic carbocycles. The van der Waals surface area contributed by atoms with Gasteiger partial charge in [0.1, 0.15) is 5.54 Å². The third kappa shape index (κ3) is 5.48. The number of hydrogen-bond donors (Lipinski definition) is 1. The average molecular weight is 292 g/mol. The molecule has 1 aromatic heterocycles. The van der Waals surface area contributed by atoms with Crippen molar-refractivity contribution in [3.05, 3.63) is 18.0 Å². The van der Waals surface area contributed by atoms with E-state index in [0.29, 0.717) is 6.04 Å². The molecule has 0 aromatic carbocycles. The summed E-state index contributed by atoms with van der Waals surface area (Å²) in [6, 6.07) is 2.77. The van der Waals surface area contributed by atoms with Gasteiger partial charge in [0.2, 0.25) is 0 Å². The van der Waals surface area contributed by atoms with E-state index in [1.807, 2.05) is 19.3 Å². The summed E-state index contributed by atoms with van der Waals surface area (Å²) < 4.78 is 0. The van der Waals surface area contributed by atoms with Crippen LogP contribution in [-0.2, 0) is 0 Å². The molecule has 0 aliphatic heterocycles. The number of hydrogen-bond acceptors (Lipinski definition) is 5. The zero-order valence-corrected chi connectivity index (χ0v) is 13.6. The van der Waals surface area contributed by atoms with Crippen molar-refractivity contribution in [3.8, 4) is 6.07 Å². The van der Waals surface area contributed by atoms with E-state index < -0.39 is 5.54 Å². The fourth-order valence-electron chi connectivity index (χ4n) is 2.06. The maximum absolute atomic E-state index is 9.43. The van der Waals surface area contributed by atoms with Crippen LogP contribution < -0.4 is 5.32 Å². The lowest BCUT2D eigenvalue weighted by molar-refractivity contribution is 0.341. The summed E-state index contributed by atoms with van der Waals surface area (Å²) in [6.07, 6.45) is 6.33. The summed E-state index contributed by atoms with van der Waals surface area (Å²) in [7, 11) is 0. The molecule has 0 saturated heterocycles. The SMILES string of the molecule is CCC(C#N)(CCCSc1ncc(C)cn1)NC(C)C. The number of aromatic nitrogens is 2. The van der Waals surface area contributed by atoms with E-state index in [1.54, 1.807) is 11.8 Å². The lowest BCUT2D eigenvalue weighted by atomic mass is 9.91. The molecule has 1 heterocycles. The molecule has 20 heavy (non-hydrogen) atoms. The van der Waals surface area contributed by atoms with Crippen LogP contribution in [0.25, 0.3) is 0 Å². The largest absolute Gasteiger partial charge is 0.297 e. The third-order valence-electron chi connectivity index (χ3n) is 3.12. The highest BCUT2D eigenvalue weighted by Crippen LogP contribution is 2.21. The molecule has 0 amide bonds. The highest BCUT2D eigenvalue weighted by atomic mass is 32.2. The zero-order valence-electron chi connectivity index (χ0n) is 12.8. The van der Waals surface area contributed by atoms with Crippen molar-refractivity contribution in [3.63, 3.8) is 0 Å². The average Bonchev–Trinajstić information content (AvgIpc) is 2.44. The standard InChI is InChI=1S/C15H24N4S/c1-5-15(11-16,19-12(2)3)7-6-8-20-14-17-9-13(4)10-18-14/h9-10,12,19H,5-8H2,1-4H3. The first-order valence-electron chi connectivity index (χ1n) is 7.11. The fourth-order valence-corrected chi connectivity index (χ4v) is 2.79. The minimum atomic E-state index is -0.400. The van der Waals surface area contributed by atoms with Gasteiger partial charge in [-0.15, -0.1) is 0 Å². The number of thioether (sulfide) groups is 1. The van der Waals surface area contributed by atoms with Crippen LogP contribution in [0.4, 0.5) is 0 Å². The Kier molecular flexibility index (Phi) is 6.97. The van der Waals surface area contributed by atoms with Gasteiger partial charge in [0.15, 0.2) is 5.16 Å². The van der Waals surface area contributed by atoms with E-state index in [9.17, 15) is 5.26 Å². The maximum atomic E-state index is 9.43. The summed E-state index contributed by atoms with van der Waals surface area (Å²) in [5.74, 6) is 0.937. The summed E-state index contributed by atoms with van der Waals surface area (Å²) >= 11 is 1.65. The Bertz CT molecular complexity index is 438. The molecule has 4 nitrogen and oxygen atoms in total.